The summed E-state index contributed by atoms with van der Waals surface area (Å²) in [5.74, 6) is -0.0485. The van der Waals surface area contributed by atoms with Gasteiger partial charge in [-0.2, -0.15) is 5.26 Å². The van der Waals surface area contributed by atoms with Crippen LogP contribution in [0, 0.1) is 11.3 Å². The minimum absolute atomic E-state index is 0.0485. The van der Waals surface area contributed by atoms with Gasteiger partial charge in [-0.15, -0.1) is 11.3 Å². The summed E-state index contributed by atoms with van der Waals surface area (Å²) in [5.41, 5.74) is 1.70. The van der Waals surface area contributed by atoms with Gasteiger partial charge in [0.2, 0.25) is 5.91 Å². The first-order valence-corrected chi connectivity index (χ1v) is 7.30. The van der Waals surface area contributed by atoms with Gasteiger partial charge < -0.3 is 0 Å². The molecule has 2 aromatic rings. The first kappa shape index (κ1) is 14.9. The number of hydrogen-bond acceptors (Lipinski definition) is 5. The summed E-state index contributed by atoms with van der Waals surface area (Å²) >= 11 is 1.38. The molecule has 0 saturated heterocycles. The van der Waals surface area contributed by atoms with E-state index in [9.17, 15) is 10.1 Å². The third-order valence-corrected chi connectivity index (χ3v) is 3.67. The molecule has 2 heterocycles. The van der Waals surface area contributed by atoms with Crippen LogP contribution in [0.25, 0.3) is 11.6 Å². The molecule has 0 atom stereocenters. The second kappa shape index (κ2) is 6.77. The van der Waals surface area contributed by atoms with Crippen LogP contribution >= 0.6 is 11.3 Å². The van der Waals surface area contributed by atoms with Crippen molar-refractivity contribution in [3.8, 4) is 6.07 Å². The van der Waals surface area contributed by atoms with Crippen LogP contribution in [-0.2, 0) is 4.79 Å². The molecule has 0 aliphatic carbocycles. The molecule has 0 bridgehead atoms. The Hall–Kier alpha value is -2.52. The SMILES string of the molecule is CCN(C(C)=O)c1nc(/C=C(\C#N)c2ccccn2)cs1. The molecular weight excluding hydrogens is 284 g/mol. The largest absolute Gasteiger partial charge is 0.289 e. The van der Waals surface area contributed by atoms with Crippen LogP contribution in [0.1, 0.15) is 25.2 Å². The molecule has 0 fully saturated rings. The Morgan fingerprint density at radius 1 is 1.52 bits per heavy atom. The van der Waals surface area contributed by atoms with Crippen molar-refractivity contribution in [1.82, 2.24) is 9.97 Å². The number of nitriles is 1. The highest BCUT2D eigenvalue weighted by atomic mass is 32.1. The molecule has 0 aromatic carbocycles. The van der Waals surface area contributed by atoms with E-state index in [0.717, 1.165) is 0 Å². The number of thiazole rings is 1. The molecule has 106 valence electrons. The average Bonchev–Trinajstić information content (AvgIpc) is 2.94. The normalized spacial score (nSPS) is 11.0. The summed E-state index contributed by atoms with van der Waals surface area (Å²) < 4.78 is 0. The molecule has 0 aliphatic rings. The van der Waals surface area contributed by atoms with Gasteiger partial charge in [-0.1, -0.05) is 6.07 Å². The van der Waals surface area contributed by atoms with Crippen molar-refractivity contribution < 1.29 is 4.79 Å². The molecule has 6 heteroatoms. The summed E-state index contributed by atoms with van der Waals surface area (Å²) in [6.45, 7) is 3.97. The highest BCUT2D eigenvalue weighted by Gasteiger charge is 2.13. The highest BCUT2D eigenvalue weighted by molar-refractivity contribution is 7.14. The number of pyridine rings is 1. The Kier molecular flexibility index (Phi) is 4.80. The van der Waals surface area contributed by atoms with Gasteiger partial charge in [-0.25, -0.2) is 4.98 Å². The standard InChI is InChI=1S/C15H14N4OS/c1-3-19(11(2)20)15-18-13(10-21-15)8-12(9-16)14-6-4-5-7-17-14/h4-8,10H,3H2,1-2H3/b12-8+. The van der Waals surface area contributed by atoms with E-state index in [4.69, 9.17) is 0 Å². The monoisotopic (exact) mass is 298 g/mol. The van der Waals surface area contributed by atoms with Crippen molar-refractivity contribution in [1.29, 1.82) is 5.26 Å². The number of carbonyl (C=O) groups is 1. The summed E-state index contributed by atoms with van der Waals surface area (Å²) in [6.07, 6.45) is 3.32. The zero-order chi connectivity index (χ0) is 15.2. The van der Waals surface area contributed by atoms with Gasteiger partial charge in [0.15, 0.2) is 5.13 Å². The molecule has 1 amide bonds. The molecular formula is C15H14N4OS. The first-order chi connectivity index (χ1) is 10.2. The van der Waals surface area contributed by atoms with Gasteiger partial charge in [0.25, 0.3) is 0 Å². The van der Waals surface area contributed by atoms with Crippen LogP contribution in [0.2, 0.25) is 0 Å². The lowest BCUT2D eigenvalue weighted by atomic mass is 10.1. The summed E-state index contributed by atoms with van der Waals surface area (Å²) in [4.78, 5) is 21.6. The van der Waals surface area contributed by atoms with Crippen LogP contribution in [0.5, 0.6) is 0 Å². The number of amides is 1. The Morgan fingerprint density at radius 2 is 2.33 bits per heavy atom. The maximum absolute atomic E-state index is 11.5. The number of hydrogen-bond donors (Lipinski definition) is 0. The van der Waals surface area contributed by atoms with E-state index in [-0.39, 0.29) is 5.91 Å². The van der Waals surface area contributed by atoms with Crippen LogP contribution in [-0.4, -0.2) is 22.4 Å². The van der Waals surface area contributed by atoms with Gasteiger partial charge >= 0.3 is 0 Å². The van der Waals surface area contributed by atoms with Gasteiger partial charge in [-0.05, 0) is 25.1 Å². The van der Waals surface area contributed by atoms with Gasteiger partial charge in [0.1, 0.15) is 6.07 Å². The van der Waals surface area contributed by atoms with E-state index < -0.39 is 0 Å². The fourth-order valence-corrected chi connectivity index (χ4v) is 2.68. The zero-order valence-corrected chi connectivity index (χ0v) is 12.6. The number of aromatic nitrogens is 2. The van der Waals surface area contributed by atoms with E-state index in [1.807, 2.05) is 18.4 Å². The number of rotatable bonds is 4. The maximum atomic E-state index is 11.5. The topological polar surface area (TPSA) is 69.9 Å². The van der Waals surface area contributed by atoms with E-state index in [2.05, 4.69) is 16.0 Å². The quantitative estimate of drug-likeness (QED) is 0.814. The van der Waals surface area contributed by atoms with Crippen LogP contribution in [0.4, 0.5) is 5.13 Å². The molecule has 5 nitrogen and oxygen atoms in total. The third kappa shape index (κ3) is 3.52. The van der Waals surface area contributed by atoms with E-state index in [1.54, 1.807) is 29.3 Å². The summed E-state index contributed by atoms with van der Waals surface area (Å²) in [6, 6.07) is 7.52. The molecule has 0 saturated carbocycles. The average molecular weight is 298 g/mol. The maximum Gasteiger partial charge on any atom is 0.225 e. The predicted octanol–water partition coefficient (Wildman–Crippen LogP) is 2.98. The van der Waals surface area contributed by atoms with Gasteiger partial charge in [0.05, 0.1) is 17.0 Å². The Bertz CT molecular complexity index is 700. The fourth-order valence-electron chi connectivity index (χ4n) is 1.79. The second-order valence-electron chi connectivity index (χ2n) is 4.20. The van der Waals surface area contributed by atoms with Gasteiger partial charge in [0, 0.05) is 25.0 Å². The Balaban J connectivity index is 2.31. The fraction of sp³-hybridized carbons (Fsp3) is 0.200. The Morgan fingerprint density at radius 3 is 2.90 bits per heavy atom. The third-order valence-electron chi connectivity index (χ3n) is 2.79. The lowest BCUT2D eigenvalue weighted by molar-refractivity contribution is -0.116. The van der Waals surface area contributed by atoms with E-state index in [0.29, 0.717) is 28.6 Å². The molecule has 0 aliphatic heterocycles. The first-order valence-electron chi connectivity index (χ1n) is 6.42. The van der Waals surface area contributed by atoms with Crippen molar-refractivity contribution in [3.05, 3.63) is 41.2 Å². The second-order valence-corrected chi connectivity index (χ2v) is 5.04. The van der Waals surface area contributed by atoms with Crippen LogP contribution in [0.15, 0.2) is 29.8 Å². The molecule has 2 aromatic heterocycles. The smallest absolute Gasteiger partial charge is 0.225 e. The van der Waals surface area contributed by atoms with E-state index in [1.165, 1.54) is 18.3 Å². The molecule has 21 heavy (non-hydrogen) atoms. The number of anilines is 1. The lowest BCUT2D eigenvalue weighted by Crippen LogP contribution is -2.27. The zero-order valence-electron chi connectivity index (χ0n) is 11.8. The highest BCUT2D eigenvalue weighted by Crippen LogP contribution is 2.23. The molecule has 0 radical (unpaired) electrons. The van der Waals surface area contributed by atoms with E-state index >= 15 is 0 Å². The number of allylic oxidation sites excluding steroid dienone is 1. The van der Waals surface area contributed by atoms with Crippen molar-refractivity contribution in [2.75, 3.05) is 11.4 Å². The minimum Gasteiger partial charge on any atom is -0.289 e. The van der Waals surface area contributed by atoms with Gasteiger partial charge in [-0.3, -0.25) is 14.7 Å². The van der Waals surface area contributed by atoms with Crippen molar-refractivity contribution in [3.63, 3.8) is 0 Å². The number of nitrogens with zero attached hydrogens (tertiary/aromatic N) is 4. The van der Waals surface area contributed by atoms with Crippen molar-refractivity contribution in [2.24, 2.45) is 0 Å². The molecule has 0 unspecified atom stereocenters. The van der Waals surface area contributed by atoms with Crippen molar-refractivity contribution >= 4 is 34.0 Å². The molecule has 2 rings (SSSR count). The van der Waals surface area contributed by atoms with Crippen LogP contribution in [0.3, 0.4) is 0 Å². The summed E-state index contributed by atoms with van der Waals surface area (Å²) in [5, 5.41) is 11.7. The Labute approximate surface area is 127 Å². The minimum atomic E-state index is -0.0485. The number of carbonyl (C=O) groups excluding carboxylic acids is 1. The predicted molar refractivity (Wildman–Crippen MR) is 83.5 cm³/mol. The molecule has 0 N–H and O–H groups in total. The van der Waals surface area contributed by atoms with Crippen molar-refractivity contribution in [2.45, 2.75) is 13.8 Å². The summed E-state index contributed by atoms with van der Waals surface area (Å²) in [7, 11) is 0. The lowest BCUT2D eigenvalue weighted by Gasteiger charge is -2.14. The van der Waals surface area contributed by atoms with Crippen LogP contribution < -0.4 is 4.90 Å². The molecule has 0 spiro atoms.